The summed E-state index contributed by atoms with van der Waals surface area (Å²) >= 11 is 1.64. The quantitative estimate of drug-likeness (QED) is 0.401. The summed E-state index contributed by atoms with van der Waals surface area (Å²) in [5.41, 5.74) is 5.23. The third-order valence-electron chi connectivity index (χ3n) is 6.06. The fourth-order valence-electron chi connectivity index (χ4n) is 3.89. The van der Waals surface area contributed by atoms with Crippen LogP contribution in [0.5, 0.6) is 11.5 Å². The van der Waals surface area contributed by atoms with Crippen LogP contribution >= 0.6 is 11.3 Å². The van der Waals surface area contributed by atoms with Gasteiger partial charge in [-0.2, -0.15) is 0 Å². The Balaban J connectivity index is 1.12. The van der Waals surface area contributed by atoms with Crippen LogP contribution < -0.4 is 14.4 Å². The summed E-state index contributed by atoms with van der Waals surface area (Å²) in [6.45, 7) is 5.50. The lowest BCUT2D eigenvalue weighted by atomic mass is 10.1. The molecule has 0 bridgehead atoms. The molecule has 1 unspecified atom stereocenters. The maximum atomic E-state index is 6.26. The van der Waals surface area contributed by atoms with Crippen LogP contribution in [0.15, 0.2) is 65.2 Å². The molecule has 5 rings (SSSR count). The number of hydrogen-bond acceptors (Lipinski definition) is 6. The van der Waals surface area contributed by atoms with E-state index in [1.54, 1.807) is 11.3 Å². The second-order valence-electron chi connectivity index (χ2n) is 8.62. The molecular formula is C26H29N3O2S. The van der Waals surface area contributed by atoms with Gasteiger partial charge >= 0.3 is 0 Å². The number of anilines is 1. The fourth-order valence-corrected chi connectivity index (χ4v) is 4.40. The Morgan fingerprint density at radius 2 is 1.84 bits per heavy atom. The average Bonchev–Trinajstić information content (AvgIpc) is 3.29. The molecule has 1 saturated carbocycles. The van der Waals surface area contributed by atoms with Crippen LogP contribution in [0.25, 0.3) is 0 Å². The summed E-state index contributed by atoms with van der Waals surface area (Å²) in [7, 11) is 0. The summed E-state index contributed by atoms with van der Waals surface area (Å²) in [4.78, 5) is 12.3. The third kappa shape index (κ3) is 5.49. The molecule has 0 N–H and O–H groups in total. The number of nitrogens with zero attached hydrogens (tertiary/aromatic N) is 3. The van der Waals surface area contributed by atoms with Gasteiger partial charge in [-0.25, -0.2) is 0 Å². The van der Waals surface area contributed by atoms with Gasteiger partial charge in [0.25, 0.3) is 0 Å². The summed E-state index contributed by atoms with van der Waals surface area (Å²) in [6.07, 6.45) is 5.73. The van der Waals surface area contributed by atoms with E-state index >= 15 is 0 Å². The van der Waals surface area contributed by atoms with Gasteiger partial charge in [0, 0.05) is 35.4 Å². The largest absolute Gasteiger partial charge is 0.493 e. The van der Waals surface area contributed by atoms with Crippen molar-refractivity contribution in [2.24, 2.45) is 10.9 Å². The maximum Gasteiger partial charge on any atom is 0.119 e. The van der Waals surface area contributed by atoms with E-state index in [0.717, 1.165) is 54.8 Å². The first-order chi connectivity index (χ1) is 15.7. The zero-order valence-electron chi connectivity index (χ0n) is 18.4. The SMILES string of the molecule is CC(=NCc1cncs1)c1ccc(OC2CCN(c3ccc(OCC4CC4)cc3)C2)cc1. The smallest absolute Gasteiger partial charge is 0.119 e. The molecule has 2 heterocycles. The Morgan fingerprint density at radius 3 is 2.56 bits per heavy atom. The zero-order valence-corrected chi connectivity index (χ0v) is 19.3. The van der Waals surface area contributed by atoms with Gasteiger partial charge in [0.05, 0.1) is 25.2 Å². The van der Waals surface area contributed by atoms with Gasteiger partial charge in [-0.3, -0.25) is 9.98 Å². The topological polar surface area (TPSA) is 47.0 Å². The molecule has 32 heavy (non-hydrogen) atoms. The van der Waals surface area contributed by atoms with Crippen molar-refractivity contribution in [1.82, 2.24) is 4.98 Å². The first-order valence-corrected chi connectivity index (χ1v) is 12.2. The Labute approximate surface area is 193 Å². The van der Waals surface area contributed by atoms with Gasteiger partial charge in [0.2, 0.25) is 0 Å². The highest BCUT2D eigenvalue weighted by molar-refractivity contribution is 7.09. The van der Waals surface area contributed by atoms with Crippen LogP contribution in [0.3, 0.4) is 0 Å². The van der Waals surface area contributed by atoms with E-state index in [2.05, 4.69) is 63.4 Å². The molecule has 5 nitrogen and oxygen atoms in total. The van der Waals surface area contributed by atoms with Crippen molar-refractivity contribution in [3.63, 3.8) is 0 Å². The van der Waals surface area contributed by atoms with Gasteiger partial charge < -0.3 is 14.4 Å². The minimum Gasteiger partial charge on any atom is -0.493 e. The molecule has 1 saturated heterocycles. The Bertz CT molecular complexity index is 1030. The van der Waals surface area contributed by atoms with Gasteiger partial charge in [-0.1, -0.05) is 0 Å². The van der Waals surface area contributed by atoms with E-state index in [4.69, 9.17) is 9.47 Å². The van der Waals surface area contributed by atoms with E-state index < -0.39 is 0 Å². The molecule has 0 spiro atoms. The lowest BCUT2D eigenvalue weighted by Crippen LogP contribution is -2.24. The average molecular weight is 448 g/mol. The lowest BCUT2D eigenvalue weighted by Gasteiger charge is -2.19. The monoisotopic (exact) mass is 447 g/mol. The van der Waals surface area contributed by atoms with Gasteiger partial charge in [0.1, 0.15) is 17.6 Å². The number of benzene rings is 2. The number of ether oxygens (including phenoxy) is 2. The minimum atomic E-state index is 0.202. The molecule has 3 aromatic rings. The molecule has 166 valence electrons. The predicted octanol–water partition coefficient (Wildman–Crippen LogP) is 5.60. The number of aromatic nitrogens is 1. The molecule has 1 atom stereocenters. The van der Waals surface area contributed by atoms with E-state index in [1.807, 2.05) is 18.6 Å². The zero-order chi connectivity index (χ0) is 21.8. The van der Waals surface area contributed by atoms with Gasteiger partial charge in [0.15, 0.2) is 0 Å². The van der Waals surface area contributed by atoms with Crippen molar-refractivity contribution in [3.05, 3.63) is 70.7 Å². The predicted molar refractivity (Wildman–Crippen MR) is 130 cm³/mol. The summed E-state index contributed by atoms with van der Waals surface area (Å²) < 4.78 is 12.1. The second kappa shape index (κ2) is 9.74. The Kier molecular flexibility index (Phi) is 6.39. The Morgan fingerprint density at radius 1 is 1.06 bits per heavy atom. The first kappa shape index (κ1) is 21.0. The van der Waals surface area contributed by atoms with Crippen molar-refractivity contribution >= 4 is 22.7 Å². The number of thiazole rings is 1. The highest BCUT2D eigenvalue weighted by Crippen LogP contribution is 2.30. The molecule has 1 aromatic heterocycles. The van der Waals surface area contributed by atoms with Crippen LogP contribution in [-0.2, 0) is 6.54 Å². The van der Waals surface area contributed by atoms with Crippen LogP contribution in [0.2, 0.25) is 0 Å². The van der Waals surface area contributed by atoms with Crippen LogP contribution in [0.1, 0.15) is 36.6 Å². The van der Waals surface area contributed by atoms with Crippen molar-refractivity contribution in [2.75, 3.05) is 24.6 Å². The summed E-state index contributed by atoms with van der Waals surface area (Å²) in [5.74, 6) is 2.67. The molecule has 2 aliphatic rings. The molecule has 1 aliphatic heterocycles. The number of rotatable bonds is 9. The molecule has 1 aliphatic carbocycles. The van der Waals surface area contributed by atoms with Gasteiger partial charge in [-0.05, 0) is 79.8 Å². The van der Waals surface area contributed by atoms with Crippen LogP contribution in [0.4, 0.5) is 5.69 Å². The molecular weight excluding hydrogens is 418 g/mol. The van der Waals surface area contributed by atoms with Gasteiger partial charge in [-0.15, -0.1) is 11.3 Å². The van der Waals surface area contributed by atoms with Crippen LogP contribution in [0, 0.1) is 5.92 Å². The number of hydrogen-bond donors (Lipinski definition) is 0. The standard InChI is InChI=1S/C26H29N3O2S/c1-19(28-15-26-14-27-18-32-26)21-4-8-24(9-5-21)31-25-12-13-29(16-25)22-6-10-23(11-7-22)30-17-20-2-3-20/h4-11,14,18,20,25H,2-3,12-13,15-17H2,1H3. The van der Waals surface area contributed by atoms with Crippen molar-refractivity contribution in [3.8, 4) is 11.5 Å². The maximum absolute atomic E-state index is 6.26. The fraction of sp³-hybridized carbons (Fsp3) is 0.385. The van der Waals surface area contributed by atoms with E-state index in [9.17, 15) is 0 Å². The Hall–Kier alpha value is -2.86. The van der Waals surface area contributed by atoms with E-state index in [1.165, 1.54) is 23.4 Å². The normalized spacial score (nSPS) is 18.7. The molecule has 2 fully saturated rings. The molecule has 6 heteroatoms. The highest BCUT2D eigenvalue weighted by Gasteiger charge is 2.25. The number of aliphatic imine (C=N–C) groups is 1. The van der Waals surface area contributed by atoms with Crippen molar-refractivity contribution in [2.45, 2.75) is 38.8 Å². The van der Waals surface area contributed by atoms with E-state index in [0.29, 0.717) is 6.54 Å². The first-order valence-electron chi connectivity index (χ1n) is 11.4. The minimum absolute atomic E-state index is 0.202. The second-order valence-corrected chi connectivity index (χ2v) is 9.59. The van der Waals surface area contributed by atoms with Crippen molar-refractivity contribution in [1.29, 1.82) is 0 Å². The van der Waals surface area contributed by atoms with E-state index in [-0.39, 0.29) is 6.10 Å². The molecule has 0 amide bonds. The molecule has 2 aromatic carbocycles. The van der Waals surface area contributed by atoms with Crippen LogP contribution in [-0.4, -0.2) is 36.5 Å². The van der Waals surface area contributed by atoms with Crippen molar-refractivity contribution < 1.29 is 9.47 Å². The summed E-state index contributed by atoms with van der Waals surface area (Å²) in [6, 6.07) is 16.8. The molecule has 0 radical (unpaired) electrons. The lowest BCUT2D eigenvalue weighted by molar-refractivity contribution is 0.225. The summed E-state index contributed by atoms with van der Waals surface area (Å²) in [5, 5.41) is 0. The third-order valence-corrected chi connectivity index (χ3v) is 6.82. The highest BCUT2D eigenvalue weighted by atomic mass is 32.1.